The van der Waals surface area contributed by atoms with Gasteiger partial charge in [0, 0.05) is 34.3 Å². The second-order valence-corrected chi connectivity index (χ2v) is 7.61. The first kappa shape index (κ1) is 19.6. The number of nitrogens with zero attached hydrogens (tertiary/aromatic N) is 1. The molecule has 2 atom stereocenters. The van der Waals surface area contributed by atoms with Gasteiger partial charge in [-0.2, -0.15) is 0 Å². The summed E-state index contributed by atoms with van der Waals surface area (Å²) in [5.41, 5.74) is 4.26. The van der Waals surface area contributed by atoms with E-state index in [9.17, 15) is 9.50 Å². The molecule has 0 spiro atoms. The first-order valence-corrected chi connectivity index (χ1v) is 10.1. The standard InChI is InChI=1S/C24H22ClFN2O/c1-2-15-7-9-16(10-8-15)21-14-22(19-13-17(25)11-12-23(19)29)28-24(27-21)18-5-3-4-6-20(18)26/h3-13,22,24,28-29H,2,14H2,1H3/t22-,24-/m0/s1. The van der Waals surface area contributed by atoms with Crippen molar-refractivity contribution in [3.8, 4) is 5.75 Å². The summed E-state index contributed by atoms with van der Waals surface area (Å²) < 4.78 is 14.5. The first-order valence-electron chi connectivity index (χ1n) is 9.70. The number of nitrogens with one attached hydrogen (secondary N) is 1. The minimum absolute atomic E-state index is 0.154. The smallest absolute Gasteiger partial charge is 0.129 e. The van der Waals surface area contributed by atoms with Crippen LogP contribution in [0.1, 0.15) is 47.8 Å². The van der Waals surface area contributed by atoms with Gasteiger partial charge in [0.2, 0.25) is 0 Å². The minimum Gasteiger partial charge on any atom is -0.508 e. The molecule has 3 aromatic carbocycles. The number of phenolic OH excluding ortho intramolecular Hbond substituents is 1. The number of rotatable bonds is 4. The van der Waals surface area contributed by atoms with Crippen molar-refractivity contribution in [1.29, 1.82) is 0 Å². The van der Waals surface area contributed by atoms with Gasteiger partial charge in [0.1, 0.15) is 17.7 Å². The Hall–Kier alpha value is -2.69. The molecular weight excluding hydrogens is 387 g/mol. The van der Waals surface area contributed by atoms with Crippen molar-refractivity contribution in [2.75, 3.05) is 0 Å². The van der Waals surface area contributed by atoms with Gasteiger partial charge < -0.3 is 5.11 Å². The highest BCUT2D eigenvalue weighted by atomic mass is 35.5. The third-order valence-corrected chi connectivity index (χ3v) is 5.54. The normalized spacial score (nSPS) is 19.1. The van der Waals surface area contributed by atoms with Crippen LogP contribution < -0.4 is 5.32 Å². The van der Waals surface area contributed by atoms with Gasteiger partial charge in [-0.15, -0.1) is 0 Å². The van der Waals surface area contributed by atoms with E-state index in [1.807, 2.05) is 0 Å². The molecule has 1 heterocycles. The van der Waals surface area contributed by atoms with E-state index in [2.05, 4.69) is 36.5 Å². The number of aryl methyl sites for hydroxylation is 1. The fourth-order valence-electron chi connectivity index (χ4n) is 3.67. The topological polar surface area (TPSA) is 44.6 Å². The van der Waals surface area contributed by atoms with Crippen molar-refractivity contribution in [3.05, 3.63) is 99.8 Å². The lowest BCUT2D eigenvalue weighted by molar-refractivity contribution is 0.405. The Morgan fingerprint density at radius 1 is 1.07 bits per heavy atom. The molecule has 0 bridgehead atoms. The molecule has 5 heteroatoms. The number of phenols is 1. The van der Waals surface area contributed by atoms with Gasteiger partial charge >= 0.3 is 0 Å². The van der Waals surface area contributed by atoms with Crippen molar-refractivity contribution in [2.24, 2.45) is 4.99 Å². The molecule has 148 valence electrons. The lowest BCUT2D eigenvalue weighted by Gasteiger charge is -2.31. The molecule has 3 aromatic rings. The molecule has 29 heavy (non-hydrogen) atoms. The second kappa shape index (κ2) is 8.36. The van der Waals surface area contributed by atoms with Crippen molar-refractivity contribution >= 4 is 17.3 Å². The van der Waals surface area contributed by atoms with E-state index in [4.69, 9.17) is 16.6 Å². The van der Waals surface area contributed by atoms with Crippen LogP contribution in [0.2, 0.25) is 5.02 Å². The van der Waals surface area contributed by atoms with Crippen molar-refractivity contribution in [2.45, 2.75) is 32.0 Å². The Labute approximate surface area is 174 Å². The van der Waals surface area contributed by atoms with E-state index in [1.54, 1.807) is 36.4 Å². The van der Waals surface area contributed by atoms with Gasteiger partial charge in [-0.05, 0) is 41.8 Å². The van der Waals surface area contributed by atoms with Crippen LogP contribution in [0.25, 0.3) is 0 Å². The molecule has 3 nitrogen and oxygen atoms in total. The summed E-state index contributed by atoms with van der Waals surface area (Å²) in [7, 11) is 0. The Kier molecular flexibility index (Phi) is 5.65. The van der Waals surface area contributed by atoms with E-state index >= 15 is 0 Å². The van der Waals surface area contributed by atoms with E-state index in [0.717, 1.165) is 17.7 Å². The predicted molar refractivity (Wildman–Crippen MR) is 115 cm³/mol. The Balaban J connectivity index is 1.77. The largest absolute Gasteiger partial charge is 0.508 e. The average Bonchev–Trinajstić information content (AvgIpc) is 2.75. The number of hydrogen-bond acceptors (Lipinski definition) is 3. The summed E-state index contributed by atoms with van der Waals surface area (Å²) in [5, 5.41) is 14.3. The Morgan fingerprint density at radius 2 is 1.83 bits per heavy atom. The summed E-state index contributed by atoms with van der Waals surface area (Å²) in [6, 6.07) is 19.6. The molecule has 4 rings (SSSR count). The second-order valence-electron chi connectivity index (χ2n) is 7.18. The number of halogens is 2. The highest BCUT2D eigenvalue weighted by Crippen LogP contribution is 2.36. The molecule has 0 fully saturated rings. The predicted octanol–water partition coefficient (Wildman–Crippen LogP) is 5.97. The molecule has 0 saturated heterocycles. The zero-order valence-electron chi connectivity index (χ0n) is 16.1. The lowest BCUT2D eigenvalue weighted by atomic mass is 9.93. The Morgan fingerprint density at radius 3 is 2.55 bits per heavy atom. The van der Waals surface area contributed by atoms with Crippen LogP contribution in [0.15, 0.2) is 71.7 Å². The maximum atomic E-state index is 14.5. The molecular formula is C24H22ClFN2O. The molecule has 2 N–H and O–H groups in total. The van der Waals surface area contributed by atoms with Crippen LogP contribution in [0.3, 0.4) is 0 Å². The van der Waals surface area contributed by atoms with Crippen LogP contribution in [0.4, 0.5) is 4.39 Å². The van der Waals surface area contributed by atoms with Gasteiger partial charge in [0.05, 0.1) is 0 Å². The van der Waals surface area contributed by atoms with Crippen molar-refractivity contribution in [1.82, 2.24) is 5.32 Å². The van der Waals surface area contributed by atoms with E-state index in [-0.39, 0.29) is 17.6 Å². The molecule has 0 amide bonds. The van der Waals surface area contributed by atoms with Crippen LogP contribution in [-0.4, -0.2) is 10.8 Å². The highest BCUT2D eigenvalue weighted by molar-refractivity contribution is 6.30. The molecule has 0 aliphatic carbocycles. The van der Waals surface area contributed by atoms with Gasteiger partial charge in [0.15, 0.2) is 0 Å². The summed E-state index contributed by atoms with van der Waals surface area (Å²) >= 11 is 6.17. The summed E-state index contributed by atoms with van der Waals surface area (Å²) in [4.78, 5) is 4.82. The van der Waals surface area contributed by atoms with Crippen LogP contribution in [-0.2, 0) is 6.42 Å². The van der Waals surface area contributed by atoms with Crippen molar-refractivity contribution in [3.63, 3.8) is 0 Å². The van der Waals surface area contributed by atoms with Crippen LogP contribution >= 0.6 is 11.6 Å². The van der Waals surface area contributed by atoms with E-state index in [0.29, 0.717) is 22.6 Å². The molecule has 0 saturated carbocycles. The quantitative estimate of drug-likeness (QED) is 0.558. The number of aliphatic imine (C=N–C) groups is 1. The molecule has 1 aliphatic heterocycles. The average molecular weight is 409 g/mol. The zero-order chi connectivity index (χ0) is 20.4. The van der Waals surface area contributed by atoms with E-state index < -0.39 is 6.17 Å². The zero-order valence-corrected chi connectivity index (χ0v) is 16.8. The van der Waals surface area contributed by atoms with Gasteiger partial charge in [-0.25, -0.2) is 4.39 Å². The SMILES string of the molecule is CCc1ccc(C2=N[C@H](c3ccccc3F)N[C@H](c3cc(Cl)ccc3O)C2)cc1. The number of hydrogen-bond donors (Lipinski definition) is 2. The Bertz CT molecular complexity index is 1050. The number of aromatic hydroxyl groups is 1. The van der Waals surface area contributed by atoms with Gasteiger partial charge in [-0.1, -0.05) is 61.0 Å². The molecule has 0 radical (unpaired) electrons. The van der Waals surface area contributed by atoms with E-state index in [1.165, 1.54) is 11.6 Å². The minimum atomic E-state index is -0.561. The monoisotopic (exact) mass is 408 g/mol. The third-order valence-electron chi connectivity index (χ3n) is 5.30. The first-order chi connectivity index (χ1) is 14.0. The number of benzene rings is 3. The summed E-state index contributed by atoms with van der Waals surface area (Å²) in [5.74, 6) is -0.160. The molecule has 1 aliphatic rings. The van der Waals surface area contributed by atoms with Crippen molar-refractivity contribution < 1.29 is 9.50 Å². The van der Waals surface area contributed by atoms with Gasteiger partial charge in [-0.3, -0.25) is 10.3 Å². The van der Waals surface area contributed by atoms with Gasteiger partial charge in [0.25, 0.3) is 0 Å². The maximum absolute atomic E-state index is 14.5. The molecule has 0 aromatic heterocycles. The summed E-state index contributed by atoms with van der Waals surface area (Å²) in [6.07, 6.45) is 0.962. The summed E-state index contributed by atoms with van der Waals surface area (Å²) in [6.45, 7) is 2.11. The third kappa shape index (κ3) is 4.19. The van der Waals surface area contributed by atoms with Crippen LogP contribution in [0.5, 0.6) is 5.75 Å². The molecule has 0 unspecified atom stereocenters. The highest BCUT2D eigenvalue weighted by Gasteiger charge is 2.29. The van der Waals surface area contributed by atoms with Crippen LogP contribution in [0, 0.1) is 5.82 Å². The lowest BCUT2D eigenvalue weighted by Crippen LogP contribution is -2.33. The fraction of sp³-hybridized carbons (Fsp3) is 0.208. The maximum Gasteiger partial charge on any atom is 0.129 e. The fourth-order valence-corrected chi connectivity index (χ4v) is 3.85.